The fourth-order valence-corrected chi connectivity index (χ4v) is 1.57. The van der Waals surface area contributed by atoms with Gasteiger partial charge in [0.15, 0.2) is 0 Å². The minimum Gasteiger partial charge on any atom is -0.465 e. The molecule has 0 aromatic heterocycles. The molecule has 0 fully saturated rings. The molecule has 5 nitrogen and oxygen atoms in total. The van der Waals surface area contributed by atoms with Crippen molar-refractivity contribution in [2.45, 2.75) is 20.3 Å². The number of hydrogen-bond acceptors (Lipinski definition) is 4. The molecule has 2 N–H and O–H groups in total. The van der Waals surface area contributed by atoms with E-state index in [2.05, 4.69) is 29.2 Å². The Balaban J connectivity index is 2.32. The van der Waals surface area contributed by atoms with Crippen molar-refractivity contribution in [3.05, 3.63) is 29.8 Å². The van der Waals surface area contributed by atoms with Gasteiger partial charge in [-0.3, -0.25) is 4.79 Å². The second kappa shape index (κ2) is 8.19. The number of methoxy groups -OCH3 is 1. The zero-order chi connectivity index (χ0) is 15.0. The minimum absolute atomic E-state index is 0.0392. The standard InChI is InChI=1S/C15H22N2O3/c1-11(2)10-17-14(18)8-9-16-13-6-4-12(5-7-13)15(19)20-3/h4-7,11,16H,8-10H2,1-3H3,(H,17,18). The Morgan fingerprint density at radius 2 is 1.85 bits per heavy atom. The Bertz CT molecular complexity index is 441. The van der Waals surface area contributed by atoms with E-state index in [1.807, 2.05) is 0 Å². The Morgan fingerprint density at radius 1 is 1.20 bits per heavy atom. The van der Waals surface area contributed by atoms with Gasteiger partial charge in [-0.15, -0.1) is 0 Å². The molecule has 0 unspecified atom stereocenters. The highest BCUT2D eigenvalue weighted by Crippen LogP contribution is 2.10. The second-order valence-corrected chi connectivity index (χ2v) is 4.94. The van der Waals surface area contributed by atoms with Crippen molar-refractivity contribution >= 4 is 17.6 Å². The van der Waals surface area contributed by atoms with Crippen molar-refractivity contribution in [2.75, 3.05) is 25.5 Å². The molecule has 110 valence electrons. The van der Waals surface area contributed by atoms with E-state index in [0.717, 1.165) is 5.69 Å². The van der Waals surface area contributed by atoms with Crippen LogP contribution in [0, 0.1) is 5.92 Å². The van der Waals surface area contributed by atoms with Crippen molar-refractivity contribution < 1.29 is 14.3 Å². The summed E-state index contributed by atoms with van der Waals surface area (Å²) in [4.78, 5) is 22.8. The van der Waals surface area contributed by atoms with Crippen LogP contribution in [0.1, 0.15) is 30.6 Å². The van der Waals surface area contributed by atoms with E-state index in [9.17, 15) is 9.59 Å². The minimum atomic E-state index is -0.357. The van der Waals surface area contributed by atoms with Gasteiger partial charge >= 0.3 is 5.97 Å². The number of esters is 1. The summed E-state index contributed by atoms with van der Waals surface area (Å²) in [5.74, 6) is 0.139. The molecule has 1 aromatic rings. The SMILES string of the molecule is COC(=O)c1ccc(NCCC(=O)NCC(C)C)cc1. The molecular formula is C15H22N2O3. The van der Waals surface area contributed by atoms with Crippen LogP contribution >= 0.6 is 0 Å². The first kappa shape index (κ1) is 16.0. The number of carbonyl (C=O) groups excluding carboxylic acids is 2. The van der Waals surface area contributed by atoms with Gasteiger partial charge in [-0.1, -0.05) is 13.8 Å². The lowest BCUT2D eigenvalue weighted by Crippen LogP contribution is -2.28. The van der Waals surface area contributed by atoms with E-state index < -0.39 is 0 Å². The predicted molar refractivity (Wildman–Crippen MR) is 78.7 cm³/mol. The van der Waals surface area contributed by atoms with Crippen LogP contribution in [0.25, 0.3) is 0 Å². The Kier molecular flexibility index (Phi) is 6.56. The molecule has 0 atom stereocenters. The normalized spacial score (nSPS) is 10.2. The third-order valence-electron chi connectivity index (χ3n) is 2.69. The molecular weight excluding hydrogens is 256 g/mol. The van der Waals surface area contributed by atoms with Gasteiger partial charge in [-0.2, -0.15) is 0 Å². The third-order valence-corrected chi connectivity index (χ3v) is 2.69. The molecule has 1 amide bonds. The fourth-order valence-electron chi connectivity index (χ4n) is 1.57. The maximum Gasteiger partial charge on any atom is 0.337 e. The zero-order valence-corrected chi connectivity index (χ0v) is 12.2. The Morgan fingerprint density at radius 3 is 2.40 bits per heavy atom. The van der Waals surface area contributed by atoms with Gasteiger partial charge in [0.05, 0.1) is 12.7 Å². The van der Waals surface area contributed by atoms with Gasteiger partial charge < -0.3 is 15.4 Å². The predicted octanol–water partition coefficient (Wildman–Crippen LogP) is 2.05. The van der Waals surface area contributed by atoms with Crippen LogP contribution in [0.5, 0.6) is 0 Å². The first-order chi connectivity index (χ1) is 9.52. The van der Waals surface area contributed by atoms with E-state index in [1.54, 1.807) is 24.3 Å². The topological polar surface area (TPSA) is 67.4 Å². The van der Waals surface area contributed by atoms with E-state index in [4.69, 9.17) is 0 Å². The highest BCUT2D eigenvalue weighted by Gasteiger charge is 2.05. The summed E-state index contributed by atoms with van der Waals surface area (Å²) >= 11 is 0. The van der Waals surface area contributed by atoms with Crippen molar-refractivity contribution in [1.82, 2.24) is 5.32 Å². The Hall–Kier alpha value is -2.04. The molecule has 1 aromatic carbocycles. The first-order valence-electron chi connectivity index (χ1n) is 6.72. The average molecular weight is 278 g/mol. The summed E-state index contributed by atoms with van der Waals surface area (Å²) in [6.07, 6.45) is 0.422. The average Bonchev–Trinajstić information content (AvgIpc) is 2.45. The number of nitrogens with one attached hydrogen (secondary N) is 2. The first-order valence-corrected chi connectivity index (χ1v) is 6.72. The van der Waals surface area contributed by atoms with Gasteiger partial charge in [-0.25, -0.2) is 4.79 Å². The number of rotatable bonds is 7. The number of amides is 1. The van der Waals surface area contributed by atoms with E-state index in [-0.39, 0.29) is 11.9 Å². The van der Waals surface area contributed by atoms with Crippen molar-refractivity contribution in [1.29, 1.82) is 0 Å². The van der Waals surface area contributed by atoms with Crippen molar-refractivity contribution in [3.63, 3.8) is 0 Å². The smallest absolute Gasteiger partial charge is 0.337 e. The maximum atomic E-state index is 11.5. The molecule has 1 rings (SSSR count). The summed E-state index contributed by atoms with van der Waals surface area (Å²) in [6.45, 7) is 5.37. The van der Waals surface area contributed by atoms with Gasteiger partial charge in [0.2, 0.25) is 5.91 Å². The van der Waals surface area contributed by atoms with Crippen LogP contribution < -0.4 is 10.6 Å². The molecule has 0 aliphatic rings. The lowest BCUT2D eigenvalue weighted by molar-refractivity contribution is -0.120. The molecule has 5 heteroatoms. The monoisotopic (exact) mass is 278 g/mol. The van der Waals surface area contributed by atoms with Crippen LogP contribution in [0.2, 0.25) is 0 Å². The summed E-state index contributed by atoms with van der Waals surface area (Å²) in [7, 11) is 1.35. The number of hydrogen-bond donors (Lipinski definition) is 2. The maximum absolute atomic E-state index is 11.5. The highest BCUT2D eigenvalue weighted by molar-refractivity contribution is 5.89. The summed E-state index contributed by atoms with van der Waals surface area (Å²) in [6, 6.07) is 6.95. The fraction of sp³-hybridized carbons (Fsp3) is 0.467. The van der Waals surface area contributed by atoms with E-state index >= 15 is 0 Å². The molecule has 0 bridgehead atoms. The molecule has 0 spiro atoms. The molecule has 0 saturated heterocycles. The molecule has 0 heterocycles. The number of benzene rings is 1. The van der Waals surface area contributed by atoms with Crippen molar-refractivity contribution in [3.8, 4) is 0 Å². The molecule has 0 saturated carbocycles. The van der Waals surface area contributed by atoms with Crippen molar-refractivity contribution in [2.24, 2.45) is 5.92 Å². The van der Waals surface area contributed by atoms with Gasteiger partial charge in [-0.05, 0) is 30.2 Å². The summed E-state index contributed by atoms with van der Waals surface area (Å²) in [5, 5.41) is 5.99. The number of anilines is 1. The number of ether oxygens (including phenoxy) is 1. The van der Waals surface area contributed by atoms with Crippen LogP contribution in [0.3, 0.4) is 0 Å². The highest BCUT2D eigenvalue weighted by atomic mass is 16.5. The molecule has 0 radical (unpaired) electrons. The zero-order valence-electron chi connectivity index (χ0n) is 12.2. The lowest BCUT2D eigenvalue weighted by Gasteiger charge is -2.09. The van der Waals surface area contributed by atoms with Crippen LogP contribution in [-0.4, -0.2) is 32.1 Å². The summed E-state index contributed by atoms with van der Waals surface area (Å²) < 4.78 is 4.62. The number of carbonyl (C=O) groups is 2. The summed E-state index contributed by atoms with van der Waals surface area (Å²) in [5.41, 5.74) is 1.38. The van der Waals surface area contributed by atoms with Gasteiger partial charge in [0.1, 0.15) is 0 Å². The van der Waals surface area contributed by atoms with Gasteiger partial charge in [0.25, 0.3) is 0 Å². The lowest BCUT2D eigenvalue weighted by atomic mass is 10.2. The largest absolute Gasteiger partial charge is 0.465 e. The van der Waals surface area contributed by atoms with Gasteiger partial charge in [0, 0.05) is 25.2 Å². The van der Waals surface area contributed by atoms with Crippen LogP contribution in [0.15, 0.2) is 24.3 Å². The Labute approximate surface area is 119 Å². The molecule has 20 heavy (non-hydrogen) atoms. The quantitative estimate of drug-likeness (QED) is 0.749. The van der Waals surface area contributed by atoms with Crippen LogP contribution in [-0.2, 0) is 9.53 Å². The molecule has 0 aliphatic heterocycles. The van der Waals surface area contributed by atoms with Crippen LogP contribution in [0.4, 0.5) is 5.69 Å². The third kappa shape index (κ3) is 5.73. The van der Waals surface area contributed by atoms with E-state index in [0.29, 0.717) is 31.0 Å². The second-order valence-electron chi connectivity index (χ2n) is 4.94. The van der Waals surface area contributed by atoms with E-state index in [1.165, 1.54) is 7.11 Å². The molecule has 0 aliphatic carbocycles.